The topological polar surface area (TPSA) is 33.6 Å². The third-order valence-corrected chi connectivity index (χ3v) is 1.07. The summed E-state index contributed by atoms with van der Waals surface area (Å²) in [6, 6.07) is 0. The summed E-state index contributed by atoms with van der Waals surface area (Å²) >= 11 is 0. The first kappa shape index (κ1) is 5.56. The second kappa shape index (κ2) is 2.67. The van der Waals surface area contributed by atoms with Crippen molar-refractivity contribution >= 4 is 6.40 Å². The molecule has 0 aromatic carbocycles. The Morgan fingerprint density at radius 1 is 2.00 bits per heavy atom. The minimum Gasteiger partial charge on any atom is -0.477 e. The number of nitrogens with one attached hydrogen (secondary N) is 1. The molecule has 0 aliphatic carbocycles. The summed E-state index contributed by atoms with van der Waals surface area (Å²) in [4.78, 5) is 3.90. The van der Waals surface area contributed by atoms with Gasteiger partial charge in [-0.05, 0) is 7.05 Å². The number of hydrogen-bond acceptors (Lipinski definition) is 3. The molecule has 46 valence electrons. The highest BCUT2D eigenvalue weighted by atomic mass is 16.5. The van der Waals surface area contributed by atoms with E-state index in [4.69, 9.17) is 4.74 Å². The molecule has 1 rings (SSSR count). The van der Waals surface area contributed by atoms with Crippen LogP contribution in [0.5, 0.6) is 0 Å². The fraction of sp³-hybridized carbons (Fsp3) is 0.800. The zero-order valence-corrected chi connectivity index (χ0v) is 4.92. The maximum atomic E-state index is 5.04. The molecule has 1 N–H and O–H groups in total. The highest BCUT2D eigenvalue weighted by molar-refractivity contribution is 5.48. The summed E-state index contributed by atoms with van der Waals surface area (Å²) < 4.78 is 5.04. The van der Waals surface area contributed by atoms with Gasteiger partial charge in [0.05, 0.1) is 6.54 Å². The Bertz CT molecular complexity index is 84.4. The monoisotopic (exact) mass is 114 g/mol. The van der Waals surface area contributed by atoms with Gasteiger partial charge in [-0.25, -0.2) is 0 Å². The molecule has 3 nitrogen and oxygen atoms in total. The smallest absolute Gasteiger partial charge is 0.170 e. The molecule has 0 radical (unpaired) electrons. The van der Waals surface area contributed by atoms with Gasteiger partial charge in [0.25, 0.3) is 0 Å². The second-order valence-corrected chi connectivity index (χ2v) is 1.79. The number of nitrogens with zero attached hydrogens (tertiary/aromatic N) is 1. The average Bonchev–Trinajstić information content (AvgIpc) is 2.19. The van der Waals surface area contributed by atoms with E-state index in [9.17, 15) is 0 Å². The first-order valence-electron chi connectivity index (χ1n) is 2.72. The number of ether oxygens (including phenoxy) is 1. The van der Waals surface area contributed by atoms with Crippen molar-refractivity contribution in [1.29, 1.82) is 0 Å². The molecule has 8 heavy (non-hydrogen) atoms. The Kier molecular flexibility index (Phi) is 1.86. The molecule has 0 spiro atoms. The average molecular weight is 114 g/mol. The predicted molar refractivity (Wildman–Crippen MR) is 32.2 cm³/mol. The van der Waals surface area contributed by atoms with Crippen LogP contribution in [0.25, 0.3) is 0 Å². The fourth-order valence-corrected chi connectivity index (χ4v) is 0.673. The quantitative estimate of drug-likeness (QED) is 0.531. The van der Waals surface area contributed by atoms with Crippen LogP contribution in [0.2, 0.25) is 0 Å². The zero-order valence-electron chi connectivity index (χ0n) is 4.92. The minimum atomic E-state index is 0.278. The van der Waals surface area contributed by atoms with Crippen molar-refractivity contribution in [3.05, 3.63) is 0 Å². The normalized spacial score (nSPS) is 25.9. The van der Waals surface area contributed by atoms with Gasteiger partial charge in [-0.15, -0.1) is 0 Å². The molecule has 0 saturated heterocycles. The predicted octanol–water partition coefficient (Wildman–Crippen LogP) is -0.367. The zero-order chi connectivity index (χ0) is 5.82. The molecule has 1 aliphatic rings. The molecular formula is C5H10N2O. The number of aliphatic imine (C=N–C) groups is 1. The SMILES string of the molecule is CNCC1CN=CO1. The lowest BCUT2D eigenvalue weighted by atomic mass is 10.4. The van der Waals surface area contributed by atoms with Gasteiger partial charge in [0, 0.05) is 6.54 Å². The van der Waals surface area contributed by atoms with E-state index in [-0.39, 0.29) is 6.10 Å². The van der Waals surface area contributed by atoms with Gasteiger partial charge in [0.2, 0.25) is 0 Å². The molecule has 1 unspecified atom stereocenters. The van der Waals surface area contributed by atoms with Gasteiger partial charge in [-0.1, -0.05) is 0 Å². The number of likely N-dealkylation sites (N-methyl/N-ethyl adjacent to an activating group) is 1. The Hall–Kier alpha value is -0.570. The van der Waals surface area contributed by atoms with Gasteiger partial charge in [0.1, 0.15) is 6.10 Å². The molecule has 0 fully saturated rings. The molecule has 3 heteroatoms. The Balaban J connectivity index is 2.10. The summed E-state index contributed by atoms with van der Waals surface area (Å²) in [5.74, 6) is 0. The maximum absolute atomic E-state index is 5.04. The van der Waals surface area contributed by atoms with E-state index in [0.29, 0.717) is 0 Å². The van der Waals surface area contributed by atoms with Crippen molar-refractivity contribution in [2.45, 2.75) is 6.10 Å². The molecule has 0 aromatic heterocycles. The Morgan fingerprint density at radius 2 is 2.88 bits per heavy atom. The van der Waals surface area contributed by atoms with Crippen LogP contribution in [-0.2, 0) is 4.74 Å². The molecule has 0 aromatic rings. The van der Waals surface area contributed by atoms with Gasteiger partial charge < -0.3 is 10.1 Å². The van der Waals surface area contributed by atoms with Crippen LogP contribution in [0.1, 0.15) is 0 Å². The van der Waals surface area contributed by atoms with Crippen molar-refractivity contribution in [2.75, 3.05) is 20.1 Å². The maximum Gasteiger partial charge on any atom is 0.170 e. The molecular weight excluding hydrogens is 104 g/mol. The first-order valence-corrected chi connectivity index (χ1v) is 2.72. The van der Waals surface area contributed by atoms with Crippen LogP contribution in [0.4, 0.5) is 0 Å². The molecule has 1 atom stereocenters. The van der Waals surface area contributed by atoms with Crippen LogP contribution >= 0.6 is 0 Å². The Labute approximate surface area is 48.8 Å². The Morgan fingerprint density at radius 3 is 3.38 bits per heavy atom. The van der Waals surface area contributed by atoms with Crippen molar-refractivity contribution < 1.29 is 4.74 Å². The minimum absolute atomic E-state index is 0.278. The standard InChI is InChI=1S/C5H10N2O/c1-6-2-5-3-7-4-8-5/h4-6H,2-3H2,1H3. The van der Waals surface area contributed by atoms with Crippen LogP contribution < -0.4 is 5.32 Å². The molecule has 0 saturated carbocycles. The lowest BCUT2D eigenvalue weighted by Crippen LogP contribution is -2.25. The lowest BCUT2D eigenvalue weighted by Gasteiger charge is -2.05. The second-order valence-electron chi connectivity index (χ2n) is 1.79. The largest absolute Gasteiger partial charge is 0.477 e. The van der Waals surface area contributed by atoms with Crippen molar-refractivity contribution in [2.24, 2.45) is 4.99 Å². The first-order chi connectivity index (χ1) is 3.93. The van der Waals surface area contributed by atoms with Crippen LogP contribution in [0.15, 0.2) is 4.99 Å². The molecule has 0 bridgehead atoms. The summed E-state index contributed by atoms with van der Waals surface area (Å²) in [5, 5.41) is 3.00. The van der Waals surface area contributed by atoms with E-state index in [1.54, 1.807) is 0 Å². The summed E-state index contributed by atoms with van der Waals surface area (Å²) in [6.07, 6.45) is 1.79. The molecule has 1 aliphatic heterocycles. The molecule has 0 amide bonds. The van der Waals surface area contributed by atoms with Gasteiger partial charge in [0.15, 0.2) is 6.40 Å². The summed E-state index contributed by atoms with van der Waals surface area (Å²) in [5.41, 5.74) is 0. The summed E-state index contributed by atoms with van der Waals surface area (Å²) in [6.45, 7) is 1.70. The van der Waals surface area contributed by atoms with E-state index in [0.717, 1.165) is 13.1 Å². The third kappa shape index (κ3) is 1.20. The van der Waals surface area contributed by atoms with E-state index in [1.807, 2.05) is 7.05 Å². The summed E-state index contributed by atoms with van der Waals surface area (Å²) in [7, 11) is 1.90. The number of rotatable bonds is 2. The van der Waals surface area contributed by atoms with Crippen LogP contribution in [0, 0.1) is 0 Å². The van der Waals surface area contributed by atoms with Crippen molar-refractivity contribution in [3.8, 4) is 0 Å². The van der Waals surface area contributed by atoms with E-state index in [2.05, 4.69) is 10.3 Å². The van der Waals surface area contributed by atoms with Crippen molar-refractivity contribution in [3.63, 3.8) is 0 Å². The van der Waals surface area contributed by atoms with Gasteiger partial charge >= 0.3 is 0 Å². The molecule has 1 heterocycles. The van der Waals surface area contributed by atoms with E-state index < -0.39 is 0 Å². The fourth-order valence-electron chi connectivity index (χ4n) is 0.673. The van der Waals surface area contributed by atoms with E-state index in [1.165, 1.54) is 6.40 Å². The van der Waals surface area contributed by atoms with Crippen molar-refractivity contribution in [1.82, 2.24) is 5.32 Å². The lowest BCUT2D eigenvalue weighted by molar-refractivity contribution is 0.232. The van der Waals surface area contributed by atoms with Crippen LogP contribution in [-0.4, -0.2) is 32.6 Å². The van der Waals surface area contributed by atoms with Gasteiger partial charge in [-0.3, -0.25) is 4.99 Å². The van der Waals surface area contributed by atoms with Gasteiger partial charge in [-0.2, -0.15) is 0 Å². The highest BCUT2D eigenvalue weighted by Gasteiger charge is 2.09. The van der Waals surface area contributed by atoms with Crippen LogP contribution in [0.3, 0.4) is 0 Å². The third-order valence-electron chi connectivity index (χ3n) is 1.07. The highest BCUT2D eigenvalue weighted by Crippen LogP contribution is 1.95. The van der Waals surface area contributed by atoms with E-state index >= 15 is 0 Å². The number of hydrogen-bond donors (Lipinski definition) is 1.